The smallest absolute Gasteiger partial charge is 0.257 e. The molecule has 0 unspecified atom stereocenters. The number of halogens is 2. The van der Waals surface area contributed by atoms with Gasteiger partial charge in [0.15, 0.2) is 5.65 Å². The van der Waals surface area contributed by atoms with Crippen LogP contribution in [0.4, 0.5) is 5.82 Å². The number of nitrogens with zero attached hydrogens (tertiary/aromatic N) is 4. The van der Waals surface area contributed by atoms with Crippen molar-refractivity contribution in [3.63, 3.8) is 0 Å². The van der Waals surface area contributed by atoms with Crippen LogP contribution in [0.5, 0.6) is 11.5 Å². The lowest BCUT2D eigenvalue weighted by Crippen LogP contribution is -2.29. The Morgan fingerprint density at radius 2 is 1.79 bits per heavy atom. The number of amides is 1. The fraction of sp³-hybridized carbons (Fsp3) is 0.138. The Balaban J connectivity index is 1.25. The number of aromatic nitrogens is 3. The number of carbonyl (C=O) groups is 1. The second-order valence-electron chi connectivity index (χ2n) is 8.65. The topological polar surface area (TPSA) is 71.8 Å². The molecule has 0 radical (unpaired) electrons. The highest BCUT2D eigenvalue weighted by Crippen LogP contribution is 2.30. The number of carbonyl (C=O) groups excluding carboxylic acids is 1. The Bertz CT molecular complexity index is 1570. The standard InChI is InChI=1S/C29H25BrClN5O2/c1-35(29(37)22-13-6-8-15-26(22)38-20-10-3-2-4-11-20)17-9-16-32-27-18-25(21-12-5-7-14-24(21)31)34-28-23(30)19-33-36(27)28/h2-8,10-15,18-19,32H,9,16-17H2,1H3. The van der Waals surface area contributed by atoms with Gasteiger partial charge in [0.2, 0.25) is 0 Å². The van der Waals surface area contributed by atoms with Gasteiger partial charge in [0, 0.05) is 36.8 Å². The average Bonchev–Trinajstić information content (AvgIpc) is 3.32. The number of para-hydroxylation sites is 2. The Kier molecular flexibility index (Phi) is 7.91. The first-order valence-corrected chi connectivity index (χ1v) is 13.3. The largest absolute Gasteiger partial charge is 0.457 e. The van der Waals surface area contributed by atoms with E-state index < -0.39 is 0 Å². The summed E-state index contributed by atoms with van der Waals surface area (Å²) < 4.78 is 8.51. The summed E-state index contributed by atoms with van der Waals surface area (Å²) in [5.74, 6) is 1.90. The summed E-state index contributed by atoms with van der Waals surface area (Å²) in [6, 6.07) is 26.3. The first-order valence-electron chi connectivity index (χ1n) is 12.1. The van der Waals surface area contributed by atoms with Gasteiger partial charge >= 0.3 is 0 Å². The number of ether oxygens (including phenoxy) is 1. The molecule has 9 heteroatoms. The molecule has 0 atom stereocenters. The van der Waals surface area contributed by atoms with E-state index in [9.17, 15) is 4.79 Å². The molecule has 0 fully saturated rings. The van der Waals surface area contributed by atoms with Gasteiger partial charge in [-0.3, -0.25) is 4.79 Å². The van der Waals surface area contributed by atoms with Gasteiger partial charge in [-0.1, -0.05) is 60.1 Å². The normalized spacial score (nSPS) is 10.9. The SMILES string of the molecule is CN(CCCNc1cc(-c2ccccc2Cl)nc2c(Br)cnn12)C(=O)c1ccccc1Oc1ccccc1. The van der Waals surface area contributed by atoms with Crippen LogP contribution in [0.3, 0.4) is 0 Å². The molecule has 7 nitrogen and oxygen atoms in total. The van der Waals surface area contributed by atoms with Crippen molar-refractivity contribution < 1.29 is 9.53 Å². The average molecular weight is 591 g/mol. The van der Waals surface area contributed by atoms with Gasteiger partial charge in [-0.2, -0.15) is 9.61 Å². The number of fused-ring (bicyclic) bond motifs is 1. The quantitative estimate of drug-likeness (QED) is 0.184. The zero-order valence-corrected chi connectivity index (χ0v) is 23.0. The van der Waals surface area contributed by atoms with Crippen molar-refractivity contribution >= 4 is 44.9 Å². The number of hydrogen-bond donors (Lipinski definition) is 1. The predicted molar refractivity (Wildman–Crippen MR) is 154 cm³/mol. The molecule has 0 bridgehead atoms. The monoisotopic (exact) mass is 589 g/mol. The van der Waals surface area contributed by atoms with E-state index >= 15 is 0 Å². The molecule has 1 amide bonds. The van der Waals surface area contributed by atoms with Gasteiger partial charge in [-0.15, -0.1) is 0 Å². The van der Waals surface area contributed by atoms with Gasteiger partial charge in [0.1, 0.15) is 17.3 Å². The van der Waals surface area contributed by atoms with Crippen molar-refractivity contribution in [2.75, 3.05) is 25.5 Å². The van der Waals surface area contributed by atoms with E-state index in [4.69, 9.17) is 21.3 Å². The summed E-state index contributed by atoms with van der Waals surface area (Å²) in [7, 11) is 1.80. The molecule has 192 valence electrons. The Labute approximate surface area is 234 Å². The molecule has 2 heterocycles. The van der Waals surface area contributed by atoms with Crippen molar-refractivity contribution in [1.29, 1.82) is 0 Å². The Hall–Kier alpha value is -3.88. The minimum Gasteiger partial charge on any atom is -0.457 e. The van der Waals surface area contributed by atoms with Crippen molar-refractivity contribution in [2.45, 2.75) is 6.42 Å². The Morgan fingerprint density at radius 3 is 2.61 bits per heavy atom. The molecule has 5 rings (SSSR count). The van der Waals surface area contributed by atoms with Gasteiger partial charge in [0.25, 0.3) is 5.91 Å². The van der Waals surface area contributed by atoms with E-state index in [0.717, 1.165) is 28.0 Å². The van der Waals surface area contributed by atoms with Crippen molar-refractivity contribution in [3.05, 3.63) is 106 Å². The van der Waals surface area contributed by atoms with Crippen molar-refractivity contribution in [1.82, 2.24) is 19.5 Å². The van der Waals surface area contributed by atoms with E-state index in [-0.39, 0.29) is 5.91 Å². The third-order valence-corrected chi connectivity index (χ3v) is 6.88. The molecule has 1 N–H and O–H groups in total. The lowest BCUT2D eigenvalue weighted by Gasteiger charge is -2.19. The summed E-state index contributed by atoms with van der Waals surface area (Å²) >= 11 is 9.96. The van der Waals surface area contributed by atoms with Crippen molar-refractivity contribution in [3.8, 4) is 22.8 Å². The van der Waals surface area contributed by atoms with Crippen LogP contribution in [0, 0.1) is 0 Å². The first kappa shape index (κ1) is 25.8. The van der Waals surface area contributed by atoms with Crippen molar-refractivity contribution in [2.24, 2.45) is 0 Å². The number of benzene rings is 3. The highest BCUT2D eigenvalue weighted by molar-refractivity contribution is 9.10. The maximum atomic E-state index is 13.2. The maximum absolute atomic E-state index is 13.2. The van der Waals surface area contributed by atoms with E-state index in [2.05, 4.69) is 26.3 Å². The van der Waals surface area contributed by atoms with Crippen LogP contribution in [0.15, 0.2) is 95.6 Å². The third kappa shape index (κ3) is 5.66. The van der Waals surface area contributed by atoms with Gasteiger partial charge < -0.3 is 15.0 Å². The van der Waals surface area contributed by atoms with Crippen LogP contribution in [0.25, 0.3) is 16.9 Å². The molecule has 2 aromatic heterocycles. The lowest BCUT2D eigenvalue weighted by atomic mass is 10.1. The highest BCUT2D eigenvalue weighted by Gasteiger charge is 2.17. The van der Waals surface area contributed by atoms with Crippen LogP contribution in [0.1, 0.15) is 16.8 Å². The summed E-state index contributed by atoms with van der Waals surface area (Å²) in [5, 5.41) is 8.50. The zero-order valence-electron chi connectivity index (χ0n) is 20.6. The molecule has 3 aromatic carbocycles. The van der Waals surface area contributed by atoms with Gasteiger partial charge in [-0.25, -0.2) is 4.98 Å². The summed E-state index contributed by atoms with van der Waals surface area (Å²) in [4.78, 5) is 19.7. The van der Waals surface area contributed by atoms with Crippen LogP contribution in [-0.4, -0.2) is 45.5 Å². The van der Waals surface area contributed by atoms with E-state index in [0.29, 0.717) is 40.8 Å². The lowest BCUT2D eigenvalue weighted by molar-refractivity contribution is 0.0792. The summed E-state index contributed by atoms with van der Waals surface area (Å²) in [6.45, 7) is 1.18. The maximum Gasteiger partial charge on any atom is 0.257 e. The molecule has 5 aromatic rings. The molecular weight excluding hydrogens is 566 g/mol. The van der Waals surface area contributed by atoms with Crippen LogP contribution < -0.4 is 10.1 Å². The number of nitrogens with one attached hydrogen (secondary N) is 1. The van der Waals surface area contributed by atoms with E-state index in [1.807, 2.05) is 78.9 Å². The predicted octanol–water partition coefficient (Wildman–Crippen LogP) is 7.18. The fourth-order valence-electron chi connectivity index (χ4n) is 4.06. The minimum atomic E-state index is -0.0974. The summed E-state index contributed by atoms with van der Waals surface area (Å²) in [5.41, 5.74) is 2.80. The molecule has 0 aliphatic rings. The molecule has 0 aliphatic heterocycles. The fourth-order valence-corrected chi connectivity index (χ4v) is 4.64. The second-order valence-corrected chi connectivity index (χ2v) is 9.91. The minimum absolute atomic E-state index is 0.0974. The van der Waals surface area contributed by atoms with E-state index in [1.54, 1.807) is 28.7 Å². The van der Waals surface area contributed by atoms with Crippen LogP contribution in [-0.2, 0) is 0 Å². The summed E-state index contributed by atoms with van der Waals surface area (Å²) in [6.07, 6.45) is 2.43. The number of anilines is 1. The third-order valence-electron chi connectivity index (χ3n) is 5.99. The molecule has 0 saturated carbocycles. The number of hydrogen-bond acceptors (Lipinski definition) is 5. The first-order chi connectivity index (χ1) is 18.5. The molecule has 0 spiro atoms. The molecule has 0 aliphatic carbocycles. The molecule has 38 heavy (non-hydrogen) atoms. The second kappa shape index (κ2) is 11.7. The van der Waals surface area contributed by atoms with Crippen LogP contribution >= 0.6 is 27.5 Å². The van der Waals surface area contributed by atoms with Gasteiger partial charge in [0.05, 0.1) is 21.9 Å². The molecular formula is C29H25BrClN5O2. The molecule has 0 saturated heterocycles. The van der Waals surface area contributed by atoms with Crippen LogP contribution in [0.2, 0.25) is 5.02 Å². The Morgan fingerprint density at radius 1 is 1.05 bits per heavy atom. The van der Waals surface area contributed by atoms with E-state index in [1.165, 1.54) is 0 Å². The highest BCUT2D eigenvalue weighted by atomic mass is 79.9. The van der Waals surface area contributed by atoms with Gasteiger partial charge in [-0.05, 0) is 52.7 Å². The zero-order chi connectivity index (χ0) is 26.5. The number of rotatable bonds is 9.